The van der Waals surface area contributed by atoms with E-state index < -0.39 is 17.4 Å². The summed E-state index contributed by atoms with van der Waals surface area (Å²) >= 11 is 6.46. The lowest BCUT2D eigenvalue weighted by Gasteiger charge is -2.63. The second kappa shape index (κ2) is 9.45. The first-order valence-electron chi connectivity index (χ1n) is 14.0. The van der Waals surface area contributed by atoms with E-state index in [9.17, 15) is 5.41 Å². The van der Waals surface area contributed by atoms with E-state index in [2.05, 4.69) is 103 Å². The van der Waals surface area contributed by atoms with Crippen LogP contribution in [0.25, 0.3) is 11.0 Å². The number of quaternary nitrogens is 2. The molecule has 0 spiro atoms. The highest BCUT2D eigenvalue weighted by Gasteiger charge is 2.72. The molecule has 0 saturated heterocycles. The molecule has 1 aliphatic rings. The third kappa shape index (κ3) is 3.75. The van der Waals surface area contributed by atoms with Crippen LogP contribution in [0.3, 0.4) is 0 Å². The summed E-state index contributed by atoms with van der Waals surface area (Å²) in [5.74, 6) is 1.86. The van der Waals surface area contributed by atoms with Gasteiger partial charge >= 0.3 is 6.29 Å². The van der Waals surface area contributed by atoms with Crippen molar-refractivity contribution >= 4 is 51.5 Å². The van der Waals surface area contributed by atoms with Crippen LogP contribution in [-0.2, 0) is 0 Å². The quantitative estimate of drug-likeness (QED) is 0.169. The molecule has 5 aromatic rings. The number of nitrogens with one attached hydrogen (secondary N) is 4. The number of amidine groups is 1. The van der Waals surface area contributed by atoms with E-state index in [-0.39, 0.29) is 4.48 Å². The van der Waals surface area contributed by atoms with Gasteiger partial charge in [-0.25, -0.2) is 20.5 Å². The smallest absolute Gasteiger partial charge is 0.269 e. The van der Waals surface area contributed by atoms with Crippen molar-refractivity contribution in [1.82, 2.24) is 39.3 Å². The molecular formula is C31H37ClN10+2. The molecule has 1 aliphatic heterocycles. The number of aryl methyl sites for hydroxylation is 1. The van der Waals surface area contributed by atoms with Gasteiger partial charge in [0.2, 0.25) is 5.82 Å². The number of H-pyrrole nitrogens is 2. The SMILES string of the molecule is Cc1ccc([N+]2(c3ccc(Cl)cc3)C(=N)c3cn[nH]c3[N+](C(C)(C)C)(C(C)(C)C)C2Nc2ncnc3[nH]ncc23)cc1. The van der Waals surface area contributed by atoms with E-state index >= 15 is 0 Å². The average molecular weight is 585 g/mol. The molecular weight excluding hydrogens is 548 g/mol. The first-order valence-corrected chi connectivity index (χ1v) is 14.4. The van der Waals surface area contributed by atoms with E-state index in [0.717, 1.165) is 33.7 Å². The van der Waals surface area contributed by atoms with Crippen molar-refractivity contribution in [1.29, 1.82) is 5.41 Å². The Morgan fingerprint density at radius 1 is 0.833 bits per heavy atom. The maximum atomic E-state index is 10.1. The van der Waals surface area contributed by atoms with Gasteiger partial charge in [0.15, 0.2) is 22.6 Å². The fourth-order valence-electron chi connectivity index (χ4n) is 7.17. The van der Waals surface area contributed by atoms with Gasteiger partial charge in [0.05, 0.1) is 17.8 Å². The molecule has 11 heteroatoms. The first kappa shape index (κ1) is 28.0. The van der Waals surface area contributed by atoms with E-state index in [1.54, 1.807) is 12.4 Å². The molecule has 4 N–H and O–H groups in total. The number of aromatic amines is 2. The molecule has 0 radical (unpaired) electrons. The molecule has 2 unspecified atom stereocenters. The molecule has 6 rings (SSSR count). The van der Waals surface area contributed by atoms with Crippen molar-refractivity contribution in [3.8, 4) is 0 Å². The third-order valence-corrected chi connectivity index (χ3v) is 8.87. The van der Waals surface area contributed by atoms with E-state index in [0.29, 0.717) is 26.8 Å². The van der Waals surface area contributed by atoms with Gasteiger partial charge in [-0.2, -0.15) is 14.7 Å². The highest BCUT2D eigenvalue weighted by atomic mass is 35.5. The number of hydrogen-bond donors (Lipinski definition) is 4. The van der Waals surface area contributed by atoms with Crippen LogP contribution >= 0.6 is 11.6 Å². The summed E-state index contributed by atoms with van der Waals surface area (Å²) in [6, 6.07) is 16.2. The summed E-state index contributed by atoms with van der Waals surface area (Å²) in [6.45, 7) is 15.5. The van der Waals surface area contributed by atoms with Crippen LogP contribution in [0.15, 0.2) is 67.3 Å². The van der Waals surface area contributed by atoms with Crippen LogP contribution in [0.2, 0.25) is 5.02 Å². The normalized spacial score (nSPS) is 20.5. The maximum Gasteiger partial charge on any atom is 0.321 e. The number of halogens is 1. The molecule has 0 aliphatic carbocycles. The molecule has 0 saturated carbocycles. The summed E-state index contributed by atoms with van der Waals surface area (Å²) in [5.41, 5.74) is 3.49. The van der Waals surface area contributed by atoms with Crippen LogP contribution in [0.4, 0.5) is 23.0 Å². The zero-order valence-corrected chi connectivity index (χ0v) is 25.7. The second-order valence-corrected chi connectivity index (χ2v) is 13.4. The second-order valence-electron chi connectivity index (χ2n) is 13.0. The molecule has 4 heterocycles. The number of nitrogens with zero attached hydrogens (tertiary/aromatic N) is 6. The van der Waals surface area contributed by atoms with Gasteiger partial charge < -0.3 is 0 Å². The van der Waals surface area contributed by atoms with Crippen LogP contribution in [0, 0.1) is 12.3 Å². The Morgan fingerprint density at radius 2 is 1.43 bits per heavy atom. The van der Waals surface area contributed by atoms with Crippen LogP contribution in [0.1, 0.15) is 52.7 Å². The minimum atomic E-state index is -0.553. The van der Waals surface area contributed by atoms with Gasteiger partial charge in [0.25, 0.3) is 5.84 Å². The fraction of sp³-hybridized carbons (Fsp3) is 0.323. The van der Waals surface area contributed by atoms with Crippen molar-refractivity contribution in [3.63, 3.8) is 0 Å². The van der Waals surface area contributed by atoms with Gasteiger partial charge in [0, 0.05) is 29.3 Å². The van der Waals surface area contributed by atoms with Crippen molar-refractivity contribution in [2.45, 2.75) is 65.8 Å². The first-order chi connectivity index (χ1) is 19.8. The zero-order chi connectivity index (χ0) is 30.1. The van der Waals surface area contributed by atoms with Gasteiger partial charge in [-0.3, -0.25) is 10.4 Å². The lowest BCUT2D eigenvalue weighted by molar-refractivity contribution is -0.0262. The van der Waals surface area contributed by atoms with Crippen molar-refractivity contribution in [2.75, 3.05) is 5.32 Å². The van der Waals surface area contributed by atoms with Crippen molar-refractivity contribution < 1.29 is 0 Å². The van der Waals surface area contributed by atoms with Crippen LogP contribution in [0.5, 0.6) is 0 Å². The highest BCUT2D eigenvalue weighted by molar-refractivity contribution is 6.30. The Labute approximate surface area is 250 Å². The van der Waals surface area contributed by atoms with E-state index in [1.807, 2.05) is 24.3 Å². The summed E-state index contributed by atoms with van der Waals surface area (Å²) in [4.78, 5) is 9.12. The topological polar surface area (TPSA) is 119 Å². The predicted molar refractivity (Wildman–Crippen MR) is 170 cm³/mol. The Bertz CT molecular complexity index is 1710. The third-order valence-electron chi connectivity index (χ3n) is 8.62. The highest BCUT2D eigenvalue weighted by Crippen LogP contribution is 2.55. The molecule has 10 nitrogen and oxygen atoms in total. The molecule has 0 fully saturated rings. The molecule has 3 aromatic heterocycles. The number of anilines is 1. The molecule has 2 aromatic carbocycles. The molecule has 2 atom stereocenters. The Hall–Kier alpha value is -4.12. The fourth-order valence-corrected chi connectivity index (χ4v) is 7.29. The molecule has 0 bridgehead atoms. The Morgan fingerprint density at radius 3 is 2.05 bits per heavy atom. The number of hydrogen-bond acceptors (Lipinski definition) is 6. The van der Waals surface area contributed by atoms with Gasteiger partial charge in [-0.1, -0.05) is 29.3 Å². The number of benzene rings is 2. The summed E-state index contributed by atoms with van der Waals surface area (Å²) in [6.07, 6.45) is 4.50. The van der Waals surface area contributed by atoms with Gasteiger partial charge in [-0.05, 0) is 60.6 Å². The zero-order valence-electron chi connectivity index (χ0n) is 25.0. The van der Waals surface area contributed by atoms with Crippen LogP contribution < -0.4 is 14.3 Å². The molecule has 216 valence electrons. The van der Waals surface area contributed by atoms with Crippen molar-refractivity contribution in [3.05, 3.63) is 83.4 Å². The lowest BCUT2D eigenvalue weighted by Crippen LogP contribution is -2.87. The summed E-state index contributed by atoms with van der Waals surface area (Å²) in [7, 11) is 0. The standard InChI is InChI=1S/C31H37ClN10/c1-19-8-12-21(13-9-19)41(22-14-10-20(32)11-15-22)25(33)23-16-37-40-28(23)42(30(2,3)4,31(5,6)7)29(41)38-26-24-17-36-39-27(24)35-18-34-26/h8-18,29,33H,1-7H3,(H,37,40)(H2,34,35,36,38,39)/q+2. The van der Waals surface area contributed by atoms with Gasteiger partial charge in [-0.15, -0.1) is 4.48 Å². The van der Waals surface area contributed by atoms with Gasteiger partial charge in [0.1, 0.15) is 23.2 Å². The number of aromatic nitrogens is 6. The average Bonchev–Trinajstić information content (AvgIpc) is 3.60. The van der Waals surface area contributed by atoms with Crippen molar-refractivity contribution in [2.24, 2.45) is 0 Å². The largest absolute Gasteiger partial charge is 0.321 e. The monoisotopic (exact) mass is 584 g/mol. The molecule has 0 amide bonds. The maximum absolute atomic E-state index is 10.1. The molecule has 42 heavy (non-hydrogen) atoms. The minimum Gasteiger partial charge on any atom is -0.269 e. The summed E-state index contributed by atoms with van der Waals surface area (Å²) < 4.78 is 0.402. The Balaban J connectivity index is 1.82. The number of rotatable bonds is 4. The van der Waals surface area contributed by atoms with Crippen LogP contribution in [-0.4, -0.2) is 53.6 Å². The minimum absolute atomic E-state index is 0.0296. The number of fused-ring (bicyclic) bond motifs is 2. The Kier molecular flexibility index (Phi) is 6.30. The van der Waals surface area contributed by atoms with E-state index in [1.165, 1.54) is 6.33 Å². The lowest BCUT2D eigenvalue weighted by atomic mass is 9.85. The van der Waals surface area contributed by atoms with E-state index in [4.69, 9.17) is 16.6 Å². The predicted octanol–water partition coefficient (Wildman–Crippen LogP) is 7.02. The summed E-state index contributed by atoms with van der Waals surface area (Å²) in [5, 5.41) is 30.5.